The molecule has 1 atom stereocenters. The number of aryl methyl sites for hydroxylation is 1. The van der Waals surface area contributed by atoms with E-state index in [0.29, 0.717) is 41.7 Å². The highest BCUT2D eigenvalue weighted by atomic mass is 79.9. The van der Waals surface area contributed by atoms with Crippen LogP contribution in [0, 0.1) is 12.3 Å². The van der Waals surface area contributed by atoms with Crippen molar-refractivity contribution in [3.05, 3.63) is 39.5 Å². The van der Waals surface area contributed by atoms with Crippen LogP contribution < -0.4 is 9.64 Å². The van der Waals surface area contributed by atoms with E-state index < -0.39 is 6.10 Å². The summed E-state index contributed by atoms with van der Waals surface area (Å²) in [5, 5.41) is 15.0. The number of ether oxygens (including phenoxy) is 2. The van der Waals surface area contributed by atoms with E-state index in [-0.39, 0.29) is 18.1 Å². The largest absolute Gasteiger partial charge is 0.491 e. The Morgan fingerprint density at radius 1 is 1.26 bits per heavy atom. The predicted molar refractivity (Wildman–Crippen MR) is 152 cm³/mol. The number of benzene rings is 1. The molecule has 0 aliphatic carbocycles. The molecule has 1 aromatic carbocycles. The molecule has 10 nitrogen and oxygen atoms in total. The second-order valence-electron chi connectivity index (χ2n) is 10.4. The Balaban J connectivity index is 1.49. The molecule has 2 aliphatic heterocycles. The Kier molecular flexibility index (Phi) is 7.76. The van der Waals surface area contributed by atoms with Gasteiger partial charge in [0.25, 0.3) is 0 Å². The van der Waals surface area contributed by atoms with Gasteiger partial charge in [-0.05, 0) is 47.5 Å². The van der Waals surface area contributed by atoms with Gasteiger partial charge >= 0.3 is 6.09 Å². The van der Waals surface area contributed by atoms with Crippen LogP contribution in [-0.2, 0) is 11.8 Å². The van der Waals surface area contributed by atoms with E-state index in [1.807, 2.05) is 27.0 Å². The van der Waals surface area contributed by atoms with Gasteiger partial charge in [0.05, 0.1) is 34.6 Å². The van der Waals surface area contributed by atoms with Crippen molar-refractivity contribution in [2.45, 2.75) is 32.8 Å². The van der Waals surface area contributed by atoms with Crippen LogP contribution in [0.3, 0.4) is 0 Å². The molecule has 2 saturated heterocycles. The van der Waals surface area contributed by atoms with Gasteiger partial charge in [-0.25, -0.2) is 14.8 Å². The second kappa shape index (κ2) is 10.9. The van der Waals surface area contributed by atoms with Gasteiger partial charge in [0, 0.05) is 49.8 Å². The van der Waals surface area contributed by atoms with Crippen LogP contribution in [0.15, 0.2) is 28.9 Å². The molecule has 2 fully saturated rings. The molecule has 1 amide bonds. The number of carbonyl (C=O) groups excluding carboxylic acids is 1. The maximum absolute atomic E-state index is 11.9. The molecule has 0 unspecified atom stereocenters. The van der Waals surface area contributed by atoms with Crippen LogP contribution in [0.1, 0.15) is 25.3 Å². The fraction of sp³-hybridized carbons (Fsp3) is 0.481. The molecular weight excluding hydrogens is 588 g/mol. The molecule has 0 radical (unpaired) electrons. The number of aliphatic hydroxyl groups is 1. The summed E-state index contributed by atoms with van der Waals surface area (Å²) in [5.74, 6) is 1.86. The quantitative estimate of drug-likeness (QED) is 0.387. The third-order valence-corrected chi connectivity index (χ3v) is 8.23. The van der Waals surface area contributed by atoms with E-state index in [4.69, 9.17) is 31.0 Å². The SMILES string of the molecule is CCC[C@@H](O)COc1ccc(Cl)c(-c2nc(-c3c(Br)cnn3C)c(C)c(N3CC4(CN(C(=O)OC)C4)C3)n2)c1. The maximum atomic E-state index is 11.9. The minimum atomic E-state index is -0.537. The van der Waals surface area contributed by atoms with Crippen molar-refractivity contribution in [1.29, 1.82) is 0 Å². The third-order valence-electron chi connectivity index (χ3n) is 7.32. The minimum Gasteiger partial charge on any atom is -0.491 e. The highest BCUT2D eigenvalue weighted by Crippen LogP contribution is 2.44. The molecule has 208 valence electrons. The summed E-state index contributed by atoms with van der Waals surface area (Å²) in [5.41, 5.74) is 3.18. The number of nitrogens with zero attached hydrogens (tertiary/aromatic N) is 6. The lowest BCUT2D eigenvalue weighted by molar-refractivity contribution is -0.0153. The minimum absolute atomic E-state index is 0.0454. The number of aliphatic hydroxyl groups excluding tert-OH is 1. The van der Waals surface area contributed by atoms with Gasteiger partial charge in [-0.1, -0.05) is 24.9 Å². The highest BCUT2D eigenvalue weighted by Gasteiger charge is 2.54. The maximum Gasteiger partial charge on any atom is 0.409 e. The Hall–Kier alpha value is -2.89. The van der Waals surface area contributed by atoms with Crippen LogP contribution >= 0.6 is 27.5 Å². The van der Waals surface area contributed by atoms with Crippen LogP contribution in [-0.4, -0.2) is 81.8 Å². The molecule has 2 aromatic heterocycles. The lowest BCUT2D eigenvalue weighted by atomic mass is 9.73. The summed E-state index contributed by atoms with van der Waals surface area (Å²) < 4.78 is 13.3. The van der Waals surface area contributed by atoms with Crippen molar-refractivity contribution in [3.8, 4) is 28.5 Å². The van der Waals surface area contributed by atoms with Gasteiger partial charge < -0.3 is 24.4 Å². The lowest BCUT2D eigenvalue weighted by Crippen LogP contribution is -2.73. The standard InChI is InChI=1S/C27H32BrClN6O4/c1-5-6-17(36)11-39-18-7-8-21(29)19(9-18)24-31-22(23-20(28)10-30-33(23)3)16(2)25(32-24)34-12-27(13-34)14-35(15-27)26(37)38-4/h7-10,17,36H,5-6,11-15H2,1-4H3/t17-/m1/s1. The molecule has 5 rings (SSSR count). The van der Waals surface area contributed by atoms with Crippen molar-refractivity contribution in [2.75, 3.05) is 44.8 Å². The Labute approximate surface area is 241 Å². The normalized spacial score (nSPS) is 16.6. The molecule has 1 spiro atoms. The topological polar surface area (TPSA) is 106 Å². The first kappa shape index (κ1) is 27.7. The molecule has 2 aliphatic rings. The molecule has 39 heavy (non-hydrogen) atoms. The first-order valence-electron chi connectivity index (χ1n) is 12.9. The Bertz CT molecular complexity index is 1370. The number of carbonyl (C=O) groups is 1. The van der Waals surface area contributed by atoms with Gasteiger partial charge in [-0.2, -0.15) is 5.10 Å². The number of rotatable bonds is 8. The molecule has 0 saturated carbocycles. The molecule has 4 heterocycles. The molecule has 0 bridgehead atoms. The van der Waals surface area contributed by atoms with E-state index >= 15 is 0 Å². The van der Waals surface area contributed by atoms with Crippen LogP contribution in [0.25, 0.3) is 22.8 Å². The number of likely N-dealkylation sites (tertiary alicyclic amines) is 1. The fourth-order valence-electron chi connectivity index (χ4n) is 5.35. The summed E-state index contributed by atoms with van der Waals surface area (Å²) in [7, 11) is 3.28. The van der Waals surface area contributed by atoms with E-state index in [0.717, 1.165) is 46.8 Å². The van der Waals surface area contributed by atoms with Crippen molar-refractivity contribution in [2.24, 2.45) is 12.5 Å². The summed E-state index contributed by atoms with van der Waals surface area (Å²) in [4.78, 5) is 25.8. The predicted octanol–water partition coefficient (Wildman–Crippen LogP) is 4.70. The smallest absolute Gasteiger partial charge is 0.409 e. The number of hydrogen-bond acceptors (Lipinski definition) is 8. The number of hydrogen-bond donors (Lipinski definition) is 1. The van der Waals surface area contributed by atoms with Crippen LogP contribution in [0.2, 0.25) is 5.02 Å². The third kappa shape index (κ3) is 5.31. The number of amides is 1. The van der Waals surface area contributed by atoms with Gasteiger partial charge in [0.1, 0.15) is 23.9 Å². The van der Waals surface area contributed by atoms with Gasteiger partial charge in [-0.3, -0.25) is 4.68 Å². The highest BCUT2D eigenvalue weighted by molar-refractivity contribution is 9.10. The van der Waals surface area contributed by atoms with Gasteiger partial charge in [0.15, 0.2) is 5.82 Å². The van der Waals surface area contributed by atoms with Crippen LogP contribution in [0.5, 0.6) is 5.75 Å². The first-order valence-corrected chi connectivity index (χ1v) is 14.1. The van der Waals surface area contributed by atoms with Gasteiger partial charge in [0.2, 0.25) is 0 Å². The number of aromatic nitrogens is 4. The summed E-state index contributed by atoms with van der Waals surface area (Å²) >= 11 is 10.3. The number of halogens is 2. The summed E-state index contributed by atoms with van der Waals surface area (Å²) in [6.45, 7) is 7.11. The molecular formula is C27H32BrClN6O4. The van der Waals surface area contributed by atoms with Crippen molar-refractivity contribution < 1.29 is 19.4 Å². The number of anilines is 1. The average molecular weight is 620 g/mol. The van der Waals surface area contributed by atoms with Crippen molar-refractivity contribution in [1.82, 2.24) is 24.6 Å². The zero-order chi connectivity index (χ0) is 27.9. The van der Waals surface area contributed by atoms with E-state index in [2.05, 4.69) is 25.9 Å². The monoisotopic (exact) mass is 618 g/mol. The first-order chi connectivity index (χ1) is 18.6. The van der Waals surface area contributed by atoms with E-state index in [1.165, 1.54) is 7.11 Å². The van der Waals surface area contributed by atoms with Crippen LogP contribution in [0.4, 0.5) is 10.6 Å². The number of methoxy groups -OCH3 is 1. The summed E-state index contributed by atoms with van der Waals surface area (Å²) in [6, 6.07) is 5.35. The van der Waals surface area contributed by atoms with E-state index in [9.17, 15) is 9.90 Å². The zero-order valence-corrected chi connectivity index (χ0v) is 24.8. The molecule has 1 N–H and O–H groups in total. The summed E-state index contributed by atoms with van der Waals surface area (Å²) in [6.07, 6.45) is 2.46. The lowest BCUT2D eigenvalue weighted by Gasteiger charge is -2.60. The zero-order valence-electron chi connectivity index (χ0n) is 22.4. The fourth-order valence-corrected chi connectivity index (χ4v) is 6.09. The molecule has 3 aromatic rings. The Morgan fingerprint density at radius 3 is 2.64 bits per heavy atom. The average Bonchev–Trinajstić information content (AvgIpc) is 3.20. The van der Waals surface area contributed by atoms with Crippen molar-refractivity contribution in [3.63, 3.8) is 0 Å². The van der Waals surface area contributed by atoms with Gasteiger partial charge in [-0.15, -0.1) is 0 Å². The van der Waals surface area contributed by atoms with E-state index in [1.54, 1.807) is 27.9 Å². The second-order valence-corrected chi connectivity index (χ2v) is 11.6. The van der Waals surface area contributed by atoms with Crippen molar-refractivity contribution >= 4 is 39.4 Å². The molecule has 12 heteroatoms. The Morgan fingerprint density at radius 2 is 2.00 bits per heavy atom.